The SMILES string of the molecule is Cc1ccccc1C1(O)CCN(C(=O)c2c(-c3ccncc3)noc2C)CC1. The van der Waals surface area contributed by atoms with Gasteiger partial charge in [0.15, 0.2) is 0 Å². The molecule has 1 amide bonds. The number of rotatable bonds is 3. The Balaban J connectivity index is 1.56. The Kier molecular flexibility index (Phi) is 4.73. The number of pyridine rings is 1. The van der Waals surface area contributed by atoms with Crippen LogP contribution in [0.4, 0.5) is 0 Å². The van der Waals surface area contributed by atoms with Crippen molar-refractivity contribution in [3.8, 4) is 11.3 Å². The molecule has 0 atom stereocenters. The first-order valence-corrected chi connectivity index (χ1v) is 9.44. The average Bonchev–Trinajstić information content (AvgIpc) is 3.10. The number of aliphatic hydroxyl groups is 1. The van der Waals surface area contributed by atoms with E-state index in [0.29, 0.717) is 42.9 Å². The van der Waals surface area contributed by atoms with Crippen LogP contribution < -0.4 is 0 Å². The molecular formula is C22H23N3O3. The Labute approximate surface area is 163 Å². The smallest absolute Gasteiger partial charge is 0.259 e. The number of aromatic nitrogens is 2. The molecule has 0 radical (unpaired) electrons. The summed E-state index contributed by atoms with van der Waals surface area (Å²) in [5.41, 5.74) is 2.92. The number of hydrogen-bond acceptors (Lipinski definition) is 5. The minimum atomic E-state index is -0.903. The summed E-state index contributed by atoms with van der Waals surface area (Å²) < 4.78 is 5.32. The number of likely N-dealkylation sites (tertiary alicyclic amines) is 1. The second kappa shape index (κ2) is 7.20. The van der Waals surface area contributed by atoms with Gasteiger partial charge in [-0.05, 0) is 49.9 Å². The summed E-state index contributed by atoms with van der Waals surface area (Å²) in [4.78, 5) is 19.0. The molecule has 1 aliphatic rings. The van der Waals surface area contributed by atoms with E-state index >= 15 is 0 Å². The number of carbonyl (C=O) groups is 1. The predicted molar refractivity (Wildman–Crippen MR) is 105 cm³/mol. The maximum Gasteiger partial charge on any atom is 0.259 e. The van der Waals surface area contributed by atoms with E-state index in [-0.39, 0.29) is 5.91 Å². The van der Waals surface area contributed by atoms with Crippen molar-refractivity contribution in [2.45, 2.75) is 32.3 Å². The van der Waals surface area contributed by atoms with Gasteiger partial charge in [-0.1, -0.05) is 29.4 Å². The molecule has 1 N–H and O–H groups in total. The minimum absolute atomic E-state index is 0.114. The Morgan fingerprint density at radius 3 is 2.46 bits per heavy atom. The van der Waals surface area contributed by atoms with E-state index in [0.717, 1.165) is 16.7 Å². The van der Waals surface area contributed by atoms with Gasteiger partial charge >= 0.3 is 0 Å². The summed E-state index contributed by atoms with van der Waals surface area (Å²) in [6, 6.07) is 11.5. The molecular weight excluding hydrogens is 354 g/mol. The molecule has 28 heavy (non-hydrogen) atoms. The van der Waals surface area contributed by atoms with Crippen LogP contribution in [0.2, 0.25) is 0 Å². The number of benzene rings is 1. The monoisotopic (exact) mass is 377 g/mol. The third-order valence-electron chi connectivity index (χ3n) is 5.55. The van der Waals surface area contributed by atoms with E-state index in [4.69, 9.17) is 4.52 Å². The fourth-order valence-corrected chi connectivity index (χ4v) is 3.93. The number of aryl methyl sites for hydroxylation is 2. The Morgan fingerprint density at radius 1 is 1.11 bits per heavy atom. The lowest BCUT2D eigenvalue weighted by Crippen LogP contribution is -2.45. The average molecular weight is 377 g/mol. The Morgan fingerprint density at radius 2 is 1.79 bits per heavy atom. The highest BCUT2D eigenvalue weighted by Crippen LogP contribution is 2.36. The van der Waals surface area contributed by atoms with E-state index in [1.54, 1.807) is 36.4 Å². The maximum atomic E-state index is 13.2. The molecule has 2 aromatic heterocycles. The highest BCUT2D eigenvalue weighted by Gasteiger charge is 2.37. The van der Waals surface area contributed by atoms with E-state index in [1.807, 2.05) is 31.2 Å². The zero-order valence-corrected chi connectivity index (χ0v) is 16.1. The molecule has 1 aliphatic heterocycles. The molecule has 6 nitrogen and oxygen atoms in total. The minimum Gasteiger partial charge on any atom is -0.385 e. The first kappa shape index (κ1) is 18.4. The second-order valence-corrected chi connectivity index (χ2v) is 7.34. The number of amides is 1. The topological polar surface area (TPSA) is 79.5 Å². The van der Waals surface area contributed by atoms with Gasteiger partial charge in [-0.2, -0.15) is 0 Å². The van der Waals surface area contributed by atoms with Crippen molar-refractivity contribution in [1.29, 1.82) is 0 Å². The highest BCUT2D eigenvalue weighted by molar-refractivity contribution is 6.00. The number of carbonyl (C=O) groups excluding carboxylic acids is 1. The molecule has 1 fully saturated rings. The lowest BCUT2D eigenvalue weighted by atomic mass is 9.82. The van der Waals surface area contributed by atoms with Gasteiger partial charge in [0.2, 0.25) is 0 Å². The maximum absolute atomic E-state index is 13.2. The molecule has 6 heteroatoms. The predicted octanol–water partition coefficient (Wildman–Crippen LogP) is 3.48. The molecule has 4 rings (SSSR count). The summed E-state index contributed by atoms with van der Waals surface area (Å²) in [5, 5.41) is 15.3. The lowest BCUT2D eigenvalue weighted by molar-refractivity contribution is -0.0215. The van der Waals surface area contributed by atoms with Crippen LogP contribution in [0.5, 0.6) is 0 Å². The van der Waals surface area contributed by atoms with Crippen LogP contribution in [-0.2, 0) is 5.60 Å². The van der Waals surface area contributed by atoms with Crippen molar-refractivity contribution in [3.63, 3.8) is 0 Å². The van der Waals surface area contributed by atoms with Gasteiger partial charge in [-0.3, -0.25) is 9.78 Å². The summed E-state index contributed by atoms with van der Waals surface area (Å²) in [5.74, 6) is 0.383. The van der Waals surface area contributed by atoms with Crippen LogP contribution in [0.1, 0.15) is 40.1 Å². The van der Waals surface area contributed by atoms with Crippen LogP contribution in [0.3, 0.4) is 0 Å². The molecule has 1 aromatic carbocycles. The van der Waals surface area contributed by atoms with Crippen LogP contribution >= 0.6 is 0 Å². The molecule has 0 aliphatic carbocycles. The fourth-order valence-electron chi connectivity index (χ4n) is 3.93. The van der Waals surface area contributed by atoms with Crippen molar-refractivity contribution in [1.82, 2.24) is 15.0 Å². The summed E-state index contributed by atoms with van der Waals surface area (Å²) in [6.45, 7) is 4.71. The van der Waals surface area contributed by atoms with E-state index in [1.165, 1.54) is 0 Å². The molecule has 3 heterocycles. The second-order valence-electron chi connectivity index (χ2n) is 7.34. The number of hydrogen-bond donors (Lipinski definition) is 1. The molecule has 0 saturated carbocycles. The largest absolute Gasteiger partial charge is 0.385 e. The summed E-state index contributed by atoms with van der Waals surface area (Å²) in [6.07, 6.45) is 4.32. The van der Waals surface area contributed by atoms with Gasteiger partial charge in [-0.15, -0.1) is 0 Å². The van der Waals surface area contributed by atoms with Gasteiger partial charge in [0.1, 0.15) is 17.0 Å². The third kappa shape index (κ3) is 3.20. The van der Waals surface area contributed by atoms with Gasteiger partial charge in [-0.25, -0.2) is 0 Å². The molecule has 3 aromatic rings. The molecule has 144 valence electrons. The standard InChI is InChI=1S/C22H23N3O3/c1-15-5-3-4-6-18(15)22(27)9-13-25(14-10-22)21(26)19-16(2)28-24-20(19)17-7-11-23-12-8-17/h3-8,11-12,27H,9-10,13-14H2,1-2H3. The highest BCUT2D eigenvalue weighted by atomic mass is 16.5. The quantitative estimate of drug-likeness (QED) is 0.756. The number of piperidine rings is 1. The van der Waals surface area contributed by atoms with Crippen LogP contribution in [0.15, 0.2) is 53.3 Å². The first-order valence-electron chi connectivity index (χ1n) is 9.44. The normalized spacial score (nSPS) is 16.2. The van der Waals surface area contributed by atoms with Crippen LogP contribution in [0.25, 0.3) is 11.3 Å². The first-order chi connectivity index (χ1) is 13.5. The molecule has 1 saturated heterocycles. The number of nitrogens with zero attached hydrogens (tertiary/aromatic N) is 3. The van der Waals surface area contributed by atoms with Gasteiger partial charge in [0.25, 0.3) is 5.91 Å². The lowest BCUT2D eigenvalue weighted by Gasteiger charge is -2.39. The third-order valence-corrected chi connectivity index (χ3v) is 5.55. The van der Waals surface area contributed by atoms with Gasteiger partial charge < -0.3 is 14.5 Å². The van der Waals surface area contributed by atoms with Crippen molar-refractivity contribution in [2.75, 3.05) is 13.1 Å². The summed E-state index contributed by atoms with van der Waals surface area (Å²) >= 11 is 0. The zero-order chi connectivity index (χ0) is 19.7. The Hall–Kier alpha value is -2.99. The van der Waals surface area contributed by atoms with Crippen molar-refractivity contribution in [2.24, 2.45) is 0 Å². The molecule has 0 bridgehead atoms. The Bertz CT molecular complexity index is 989. The van der Waals surface area contributed by atoms with Crippen LogP contribution in [-0.4, -0.2) is 39.1 Å². The molecule has 0 unspecified atom stereocenters. The molecule has 0 spiro atoms. The van der Waals surface area contributed by atoms with Gasteiger partial charge in [0, 0.05) is 31.0 Å². The van der Waals surface area contributed by atoms with Crippen molar-refractivity contribution >= 4 is 5.91 Å². The summed E-state index contributed by atoms with van der Waals surface area (Å²) in [7, 11) is 0. The van der Waals surface area contributed by atoms with E-state index < -0.39 is 5.60 Å². The van der Waals surface area contributed by atoms with Crippen LogP contribution in [0, 0.1) is 13.8 Å². The van der Waals surface area contributed by atoms with Crippen molar-refractivity contribution < 1.29 is 14.4 Å². The van der Waals surface area contributed by atoms with Gasteiger partial charge in [0.05, 0.1) is 5.60 Å². The van der Waals surface area contributed by atoms with Crippen molar-refractivity contribution in [3.05, 3.63) is 71.2 Å². The van der Waals surface area contributed by atoms with E-state index in [9.17, 15) is 9.90 Å². The van der Waals surface area contributed by atoms with E-state index in [2.05, 4.69) is 10.1 Å². The fraction of sp³-hybridized carbons (Fsp3) is 0.318. The zero-order valence-electron chi connectivity index (χ0n) is 16.1.